The molecule has 122 valence electrons. The Balaban J connectivity index is 1.62. The SMILES string of the molecule is Nc1nc(NC2CCC(C(O)C3CCCC3)O2)c(S)c(=O)[nH]1. The quantitative estimate of drug-likeness (QED) is 0.530. The van der Waals surface area contributed by atoms with Gasteiger partial charge in [0.2, 0.25) is 5.95 Å². The highest BCUT2D eigenvalue weighted by Gasteiger charge is 2.36. The van der Waals surface area contributed by atoms with Gasteiger partial charge in [-0.2, -0.15) is 4.98 Å². The van der Waals surface area contributed by atoms with Crippen LogP contribution in [-0.2, 0) is 4.74 Å². The van der Waals surface area contributed by atoms with Gasteiger partial charge in [0.1, 0.15) is 11.1 Å². The number of rotatable bonds is 4. The normalized spacial score (nSPS) is 27.2. The van der Waals surface area contributed by atoms with Gasteiger partial charge < -0.3 is 20.9 Å². The maximum absolute atomic E-state index is 11.6. The average Bonchev–Trinajstić information content (AvgIpc) is 3.15. The summed E-state index contributed by atoms with van der Waals surface area (Å²) in [5, 5.41) is 13.5. The van der Waals surface area contributed by atoms with Gasteiger partial charge >= 0.3 is 0 Å². The van der Waals surface area contributed by atoms with Crippen LogP contribution in [0.4, 0.5) is 11.8 Å². The Hall–Kier alpha value is -1.25. The topological polar surface area (TPSA) is 113 Å². The van der Waals surface area contributed by atoms with E-state index in [2.05, 4.69) is 27.9 Å². The molecule has 1 aliphatic carbocycles. The third kappa shape index (κ3) is 3.23. The summed E-state index contributed by atoms with van der Waals surface area (Å²) in [6, 6.07) is 0. The molecule has 5 N–H and O–H groups in total. The van der Waals surface area contributed by atoms with E-state index in [1.807, 2.05) is 0 Å². The zero-order valence-corrected chi connectivity index (χ0v) is 13.2. The fraction of sp³-hybridized carbons (Fsp3) is 0.714. The summed E-state index contributed by atoms with van der Waals surface area (Å²) in [5.41, 5.74) is 5.15. The number of hydrogen-bond acceptors (Lipinski definition) is 7. The van der Waals surface area contributed by atoms with Gasteiger partial charge in [-0.3, -0.25) is 9.78 Å². The van der Waals surface area contributed by atoms with E-state index in [0.29, 0.717) is 11.7 Å². The maximum Gasteiger partial charge on any atom is 0.267 e. The lowest BCUT2D eigenvalue weighted by molar-refractivity contribution is -0.0500. The monoisotopic (exact) mass is 326 g/mol. The van der Waals surface area contributed by atoms with Gasteiger partial charge in [0, 0.05) is 0 Å². The first-order valence-electron chi connectivity index (χ1n) is 7.73. The van der Waals surface area contributed by atoms with E-state index in [4.69, 9.17) is 10.5 Å². The summed E-state index contributed by atoms with van der Waals surface area (Å²) in [7, 11) is 0. The van der Waals surface area contributed by atoms with Crippen LogP contribution in [0.2, 0.25) is 0 Å². The van der Waals surface area contributed by atoms with Crippen molar-refractivity contribution in [2.24, 2.45) is 5.92 Å². The van der Waals surface area contributed by atoms with Crippen LogP contribution in [0.3, 0.4) is 0 Å². The smallest absolute Gasteiger partial charge is 0.267 e. The summed E-state index contributed by atoms with van der Waals surface area (Å²) in [6.07, 6.45) is 5.19. The number of nitrogen functional groups attached to an aromatic ring is 1. The zero-order chi connectivity index (χ0) is 15.7. The number of nitrogens with one attached hydrogen (secondary N) is 2. The van der Waals surface area contributed by atoms with Gasteiger partial charge in [0.15, 0.2) is 5.82 Å². The molecule has 2 heterocycles. The second-order valence-corrected chi connectivity index (χ2v) is 6.52. The van der Waals surface area contributed by atoms with Crippen molar-refractivity contribution in [1.82, 2.24) is 9.97 Å². The highest BCUT2D eigenvalue weighted by Crippen LogP contribution is 2.34. The summed E-state index contributed by atoms with van der Waals surface area (Å²) in [6.45, 7) is 0. The molecule has 0 radical (unpaired) electrons. The molecule has 2 aliphatic rings. The summed E-state index contributed by atoms with van der Waals surface area (Å²) in [5.74, 6) is 0.689. The average molecular weight is 326 g/mol. The van der Waals surface area contributed by atoms with Gasteiger partial charge in [-0.25, -0.2) is 0 Å². The lowest BCUT2D eigenvalue weighted by Crippen LogP contribution is -2.33. The van der Waals surface area contributed by atoms with Crippen molar-refractivity contribution in [3.8, 4) is 0 Å². The van der Waals surface area contributed by atoms with E-state index in [0.717, 1.165) is 25.7 Å². The molecule has 2 fully saturated rings. The third-order valence-corrected chi connectivity index (χ3v) is 4.94. The van der Waals surface area contributed by atoms with Gasteiger partial charge in [0.05, 0.1) is 12.2 Å². The van der Waals surface area contributed by atoms with Gasteiger partial charge in [-0.05, 0) is 31.6 Å². The van der Waals surface area contributed by atoms with Crippen molar-refractivity contribution >= 4 is 24.4 Å². The minimum Gasteiger partial charge on any atom is -0.390 e. The fourth-order valence-corrected chi connectivity index (χ4v) is 3.53. The van der Waals surface area contributed by atoms with Crippen LogP contribution in [0.1, 0.15) is 38.5 Å². The highest BCUT2D eigenvalue weighted by atomic mass is 32.1. The molecular weight excluding hydrogens is 304 g/mol. The molecule has 1 aromatic heterocycles. The first-order chi connectivity index (χ1) is 10.5. The van der Waals surface area contributed by atoms with Crippen LogP contribution < -0.4 is 16.6 Å². The number of nitrogens with two attached hydrogens (primary N) is 1. The van der Waals surface area contributed by atoms with Crippen LogP contribution in [-0.4, -0.2) is 33.5 Å². The molecule has 3 unspecified atom stereocenters. The Bertz CT molecular complexity index is 588. The molecular formula is C14H22N4O3S. The van der Waals surface area contributed by atoms with Gasteiger partial charge in [-0.1, -0.05) is 12.8 Å². The molecule has 0 aromatic carbocycles. The van der Waals surface area contributed by atoms with E-state index in [9.17, 15) is 9.90 Å². The second-order valence-electron chi connectivity index (χ2n) is 6.07. The van der Waals surface area contributed by atoms with E-state index in [1.165, 1.54) is 12.8 Å². The molecule has 3 rings (SSSR count). The number of thiol groups is 1. The summed E-state index contributed by atoms with van der Waals surface area (Å²) >= 11 is 4.14. The first kappa shape index (κ1) is 15.6. The molecule has 7 nitrogen and oxygen atoms in total. The molecule has 0 spiro atoms. The number of ether oxygens (including phenoxy) is 1. The highest BCUT2D eigenvalue weighted by molar-refractivity contribution is 7.80. The van der Waals surface area contributed by atoms with Crippen LogP contribution >= 0.6 is 12.6 Å². The molecule has 3 atom stereocenters. The number of nitrogens with zero attached hydrogens (tertiary/aromatic N) is 1. The summed E-state index contributed by atoms with van der Waals surface area (Å²) < 4.78 is 5.89. The Kier molecular flexibility index (Phi) is 4.60. The van der Waals surface area contributed by atoms with Crippen LogP contribution in [0, 0.1) is 5.92 Å². The Morgan fingerprint density at radius 1 is 1.36 bits per heavy atom. The van der Waals surface area contributed by atoms with E-state index < -0.39 is 6.10 Å². The Morgan fingerprint density at radius 2 is 2.09 bits per heavy atom. The minimum absolute atomic E-state index is 0.0332. The number of aliphatic hydroxyl groups is 1. The standard InChI is InChI=1S/C14H22N4O3S/c15-14-17-12(11(22)13(20)18-14)16-9-6-5-8(21-9)10(19)7-3-1-2-4-7/h7-10,19,22H,1-6H2,(H4,15,16,17,18,20). The molecule has 8 heteroatoms. The van der Waals surface area contributed by atoms with Gasteiger partial charge in [-0.15, -0.1) is 12.6 Å². The first-order valence-corrected chi connectivity index (χ1v) is 8.18. The molecule has 0 bridgehead atoms. The van der Waals surface area contributed by atoms with E-state index in [1.54, 1.807) is 0 Å². The number of aromatic amines is 1. The fourth-order valence-electron chi connectivity index (χ4n) is 3.36. The second kappa shape index (κ2) is 6.47. The number of anilines is 2. The van der Waals surface area contributed by atoms with Crippen molar-refractivity contribution in [3.63, 3.8) is 0 Å². The molecule has 22 heavy (non-hydrogen) atoms. The number of hydrogen-bond donors (Lipinski definition) is 5. The number of aromatic nitrogens is 2. The van der Waals surface area contributed by atoms with Crippen LogP contribution in [0.15, 0.2) is 9.69 Å². The van der Waals surface area contributed by atoms with Crippen molar-refractivity contribution in [3.05, 3.63) is 10.4 Å². The lowest BCUT2D eigenvalue weighted by atomic mass is 9.95. The van der Waals surface area contributed by atoms with Crippen LogP contribution in [0.5, 0.6) is 0 Å². The lowest BCUT2D eigenvalue weighted by Gasteiger charge is -2.24. The summed E-state index contributed by atoms with van der Waals surface area (Å²) in [4.78, 5) is 18.2. The van der Waals surface area contributed by atoms with Gasteiger partial charge in [0.25, 0.3) is 5.56 Å². The molecule has 1 saturated carbocycles. The maximum atomic E-state index is 11.6. The van der Waals surface area contributed by atoms with Crippen molar-refractivity contribution < 1.29 is 9.84 Å². The number of aliphatic hydroxyl groups excluding tert-OH is 1. The van der Waals surface area contributed by atoms with Crippen LogP contribution in [0.25, 0.3) is 0 Å². The molecule has 1 aromatic rings. The third-order valence-electron chi connectivity index (χ3n) is 4.53. The minimum atomic E-state index is -0.415. The Morgan fingerprint density at radius 3 is 2.82 bits per heavy atom. The largest absolute Gasteiger partial charge is 0.390 e. The predicted octanol–water partition coefficient (Wildman–Crippen LogP) is 1.11. The Labute approximate surface area is 134 Å². The zero-order valence-electron chi connectivity index (χ0n) is 12.3. The molecule has 0 amide bonds. The molecule has 1 aliphatic heterocycles. The predicted molar refractivity (Wildman–Crippen MR) is 86.0 cm³/mol. The molecule has 1 saturated heterocycles. The van der Waals surface area contributed by atoms with E-state index in [-0.39, 0.29) is 28.7 Å². The van der Waals surface area contributed by atoms with Crippen molar-refractivity contribution in [2.75, 3.05) is 11.1 Å². The number of H-pyrrole nitrogens is 1. The van der Waals surface area contributed by atoms with Crippen molar-refractivity contribution in [1.29, 1.82) is 0 Å². The van der Waals surface area contributed by atoms with Crippen molar-refractivity contribution in [2.45, 2.75) is 61.9 Å². The van der Waals surface area contributed by atoms with E-state index >= 15 is 0 Å².